The molecule has 0 saturated heterocycles. The molecule has 1 heteroatoms. The van der Waals surface area contributed by atoms with Gasteiger partial charge in [-0.3, -0.25) is 0 Å². The smallest absolute Gasteiger partial charge is 0.00456 e. The quantitative estimate of drug-likeness (QED) is 0.544. The molecule has 0 atom stereocenters. The summed E-state index contributed by atoms with van der Waals surface area (Å²) in [5.74, 6) is 0. The van der Waals surface area contributed by atoms with Gasteiger partial charge in [-0.25, -0.2) is 0 Å². The largest absolute Gasteiger partial charge is 0.402 e. The third-order valence-electron chi connectivity index (χ3n) is 2.98. The fourth-order valence-electron chi connectivity index (χ4n) is 2.21. The zero-order valence-electron chi connectivity index (χ0n) is 6.40. The molecule has 0 unspecified atom stereocenters. The molecule has 0 aromatic carbocycles. The van der Waals surface area contributed by atoms with Crippen LogP contribution in [0.2, 0.25) is 0 Å². The van der Waals surface area contributed by atoms with Gasteiger partial charge >= 0.3 is 0 Å². The Morgan fingerprint density at radius 3 is 2.30 bits per heavy atom. The predicted molar refractivity (Wildman–Crippen MR) is 42.4 cm³/mol. The fraction of sp³-hybridized carbons (Fsp3) is 0.778. The summed E-state index contributed by atoms with van der Waals surface area (Å²) in [6.45, 7) is 0. The maximum Gasteiger partial charge on any atom is 0.00456 e. The monoisotopic (exact) mass is 137 g/mol. The first-order chi connectivity index (χ1) is 4.81. The molecule has 0 aromatic rings. The summed E-state index contributed by atoms with van der Waals surface area (Å²) < 4.78 is 0. The Morgan fingerprint density at radius 1 is 1.20 bits per heavy atom. The van der Waals surface area contributed by atoms with Crippen LogP contribution in [0, 0.1) is 5.41 Å². The normalized spacial score (nSPS) is 29.4. The van der Waals surface area contributed by atoms with Crippen molar-refractivity contribution in [3.8, 4) is 0 Å². The van der Waals surface area contributed by atoms with Gasteiger partial charge < -0.3 is 5.73 Å². The van der Waals surface area contributed by atoms with Crippen LogP contribution in [-0.2, 0) is 0 Å². The van der Waals surface area contributed by atoms with E-state index in [0.717, 1.165) is 12.1 Å². The van der Waals surface area contributed by atoms with Crippen LogP contribution >= 0.6 is 0 Å². The predicted octanol–water partition coefficient (Wildman–Crippen LogP) is 2.18. The zero-order valence-corrected chi connectivity index (χ0v) is 6.40. The van der Waals surface area contributed by atoms with Crippen LogP contribution in [0.25, 0.3) is 0 Å². The molecular formula is C9H15N. The molecule has 2 aliphatic carbocycles. The molecule has 1 fully saturated rings. The maximum absolute atomic E-state index is 5.78. The topological polar surface area (TPSA) is 26.0 Å². The summed E-state index contributed by atoms with van der Waals surface area (Å²) in [5, 5.41) is 0. The van der Waals surface area contributed by atoms with Gasteiger partial charge in [0.25, 0.3) is 0 Å². The molecule has 56 valence electrons. The number of allylic oxidation sites excluding steroid dienone is 2. The summed E-state index contributed by atoms with van der Waals surface area (Å²) in [4.78, 5) is 0. The Bertz CT molecular complexity index is 166. The first kappa shape index (κ1) is 6.26. The van der Waals surface area contributed by atoms with Crippen LogP contribution in [0.1, 0.15) is 38.5 Å². The van der Waals surface area contributed by atoms with Gasteiger partial charge in [0, 0.05) is 5.70 Å². The van der Waals surface area contributed by atoms with Crippen molar-refractivity contribution in [3.05, 3.63) is 11.8 Å². The highest BCUT2D eigenvalue weighted by Gasteiger charge is 2.35. The zero-order chi connectivity index (χ0) is 7.03. The molecule has 2 N–H and O–H groups in total. The average Bonchev–Trinajstić information content (AvgIpc) is 1.85. The van der Waals surface area contributed by atoms with Crippen LogP contribution in [0.5, 0.6) is 0 Å². The van der Waals surface area contributed by atoms with Crippen molar-refractivity contribution in [1.82, 2.24) is 0 Å². The molecule has 1 saturated carbocycles. The Labute approximate surface area is 62.3 Å². The first-order valence-electron chi connectivity index (χ1n) is 4.28. The molecule has 0 aliphatic heterocycles. The third-order valence-corrected chi connectivity index (χ3v) is 2.98. The van der Waals surface area contributed by atoms with Crippen LogP contribution in [0.3, 0.4) is 0 Å². The molecule has 10 heavy (non-hydrogen) atoms. The van der Waals surface area contributed by atoms with Crippen molar-refractivity contribution in [1.29, 1.82) is 0 Å². The summed E-state index contributed by atoms with van der Waals surface area (Å²) in [6, 6.07) is 0. The third kappa shape index (κ3) is 0.845. The Morgan fingerprint density at radius 2 is 1.90 bits per heavy atom. The SMILES string of the molecule is NC1=CC2(CCC1)CCC2. The van der Waals surface area contributed by atoms with Gasteiger partial charge in [-0.05, 0) is 37.5 Å². The molecule has 0 heterocycles. The second-order valence-electron chi connectivity index (χ2n) is 3.79. The number of rotatable bonds is 0. The van der Waals surface area contributed by atoms with E-state index in [4.69, 9.17) is 5.73 Å². The fourth-order valence-corrected chi connectivity index (χ4v) is 2.21. The van der Waals surface area contributed by atoms with Crippen LogP contribution in [-0.4, -0.2) is 0 Å². The van der Waals surface area contributed by atoms with Gasteiger partial charge in [-0.1, -0.05) is 12.5 Å². The van der Waals surface area contributed by atoms with Crippen molar-refractivity contribution in [3.63, 3.8) is 0 Å². The minimum Gasteiger partial charge on any atom is -0.402 e. The molecule has 0 bridgehead atoms. The van der Waals surface area contributed by atoms with E-state index in [9.17, 15) is 0 Å². The summed E-state index contributed by atoms with van der Waals surface area (Å²) >= 11 is 0. The summed E-state index contributed by atoms with van der Waals surface area (Å²) in [6.07, 6.45) is 10.4. The van der Waals surface area contributed by atoms with Crippen molar-refractivity contribution >= 4 is 0 Å². The van der Waals surface area contributed by atoms with E-state index in [2.05, 4.69) is 6.08 Å². The van der Waals surface area contributed by atoms with Crippen LogP contribution in [0.4, 0.5) is 0 Å². The van der Waals surface area contributed by atoms with E-state index in [1.165, 1.54) is 32.1 Å². The van der Waals surface area contributed by atoms with E-state index >= 15 is 0 Å². The lowest BCUT2D eigenvalue weighted by molar-refractivity contribution is 0.173. The summed E-state index contributed by atoms with van der Waals surface area (Å²) in [5.41, 5.74) is 7.51. The summed E-state index contributed by atoms with van der Waals surface area (Å²) in [7, 11) is 0. The van der Waals surface area contributed by atoms with E-state index in [-0.39, 0.29) is 0 Å². The molecule has 1 spiro atoms. The maximum atomic E-state index is 5.78. The average molecular weight is 137 g/mol. The van der Waals surface area contributed by atoms with E-state index in [1.807, 2.05) is 0 Å². The van der Waals surface area contributed by atoms with E-state index in [1.54, 1.807) is 0 Å². The lowest BCUT2D eigenvalue weighted by atomic mass is 9.63. The van der Waals surface area contributed by atoms with Gasteiger partial charge in [-0.2, -0.15) is 0 Å². The standard InChI is InChI=1S/C9H15N/c10-8-3-1-4-9(7-8)5-2-6-9/h7H,1-6,10H2. The van der Waals surface area contributed by atoms with Gasteiger partial charge in [0.1, 0.15) is 0 Å². The Hall–Kier alpha value is -0.460. The van der Waals surface area contributed by atoms with Crippen molar-refractivity contribution < 1.29 is 0 Å². The first-order valence-corrected chi connectivity index (χ1v) is 4.28. The molecular weight excluding hydrogens is 122 g/mol. The van der Waals surface area contributed by atoms with Gasteiger partial charge in [0.2, 0.25) is 0 Å². The molecule has 0 amide bonds. The number of hydrogen-bond donors (Lipinski definition) is 1. The van der Waals surface area contributed by atoms with Crippen LogP contribution < -0.4 is 5.73 Å². The lowest BCUT2D eigenvalue weighted by Crippen LogP contribution is -2.30. The second-order valence-corrected chi connectivity index (χ2v) is 3.79. The minimum atomic E-state index is 0.586. The van der Waals surface area contributed by atoms with E-state index in [0.29, 0.717) is 5.41 Å². The second kappa shape index (κ2) is 2.01. The van der Waals surface area contributed by atoms with Crippen molar-refractivity contribution in [2.45, 2.75) is 38.5 Å². The highest BCUT2D eigenvalue weighted by atomic mass is 14.6. The number of hydrogen-bond acceptors (Lipinski definition) is 1. The Kier molecular flexibility index (Phi) is 1.26. The molecule has 2 aliphatic rings. The highest BCUT2D eigenvalue weighted by Crippen LogP contribution is 2.48. The van der Waals surface area contributed by atoms with Gasteiger partial charge in [-0.15, -0.1) is 0 Å². The molecule has 0 radical (unpaired) electrons. The Balaban J connectivity index is 2.15. The van der Waals surface area contributed by atoms with Crippen LogP contribution in [0.15, 0.2) is 11.8 Å². The number of nitrogens with two attached hydrogens (primary N) is 1. The van der Waals surface area contributed by atoms with Gasteiger partial charge in [0.15, 0.2) is 0 Å². The lowest BCUT2D eigenvalue weighted by Gasteiger charge is -2.42. The van der Waals surface area contributed by atoms with Crippen molar-refractivity contribution in [2.75, 3.05) is 0 Å². The van der Waals surface area contributed by atoms with E-state index < -0.39 is 0 Å². The van der Waals surface area contributed by atoms with Crippen molar-refractivity contribution in [2.24, 2.45) is 11.1 Å². The molecule has 2 rings (SSSR count). The minimum absolute atomic E-state index is 0.586. The molecule has 0 aromatic heterocycles. The van der Waals surface area contributed by atoms with Gasteiger partial charge in [0.05, 0.1) is 0 Å². The highest BCUT2D eigenvalue weighted by molar-refractivity contribution is 5.13. The molecule has 1 nitrogen and oxygen atoms in total.